The number of benzene rings is 1. The first kappa shape index (κ1) is 15.5. The molecule has 4 rings (SSSR count). The fourth-order valence-electron chi connectivity index (χ4n) is 3.36. The van der Waals surface area contributed by atoms with E-state index in [0.717, 1.165) is 41.4 Å². The van der Waals surface area contributed by atoms with Crippen LogP contribution in [0.5, 0.6) is 0 Å². The number of hydrazine groups is 1. The van der Waals surface area contributed by atoms with Crippen molar-refractivity contribution in [2.75, 3.05) is 5.43 Å². The van der Waals surface area contributed by atoms with Crippen molar-refractivity contribution in [2.45, 2.75) is 26.2 Å². The Morgan fingerprint density at radius 3 is 2.80 bits per heavy atom. The second-order valence-electron chi connectivity index (χ2n) is 6.43. The maximum atomic E-state index is 13.0. The Kier molecular flexibility index (Phi) is 4.01. The number of nitrogens with one attached hydrogen (secondary N) is 2. The maximum absolute atomic E-state index is 13.0. The van der Waals surface area contributed by atoms with Crippen molar-refractivity contribution < 1.29 is 4.79 Å². The molecule has 0 bridgehead atoms. The predicted octanol–water partition coefficient (Wildman–Crippen LogP) is 2.91. The highest BCUT2D eigenvalue weighted by atomic mass is 16.2. The van der Waals surface area contributed by atoms with E-state index >= 15 is 0 Å². The first-order valence-corrected chi connectivity index (χ1v) is 8.46. The number of hydrogen-bond acceptors (Lipinski definition) is 5. The van der Waals surface area contributed by atoms with E-state index in [1.54, 1.807) is 18.5 Å². The van der Waals surface area contributed by atoms with Gasteiger partial charge in [-0.2, -0.15) is 0 Å². The van der Waals surface area contributed by atoms with Crippen LogP contribution in [0.3, 0.4) is 0 Å². The minimum absolute atomic E-state index is 0.184. The molecule has 2 aromatic heterocycles. The maximum Gasteiger partial charge on any atom is 0.270 e. The van der Waals surface area contributed by atoms with Gasteiger partial charge in [-0.25, -0.2) is 9.97 Å². The van der Waals surface area contributed by atoms with Crippen LogP contribution in [0.25, 0.3) is 10.9 Å². The van der Waals surface area contributed by atoms with Gasteiger partial charge < -0.3 is 0 Å². The zero-order valence-electron chi connectivity index (χ0n) is 14.0. The Hall–Kier alpha value is -3.02. The molecule has 0 aliphatic heterocycles. The molecule has 0 saturated carbocycles. The van der Waals surface area contributed by atoms with Gasteiger partial charge in [-0.15, -0.1) is 0 Å². The van der Waals surface area contributed by atoms with Gasteiger partial charge in [0, 0.05) is 23.5 Å². The van der Waals surface area contributed by atoms with Gasteiger partial charge >= 0.3 is 0 Å². The SMILES string of the molecule is CC1CCc2nc3ccccc3c(C(=O)NNc3ncccn3)c2C1. The molecule has 0 spiro atoms. The molecule has 3 aromatic rings. The number of amides is 1. The highest BCUT2D eigenvalue weighted by molar-refractivity contribution is 6.08. The molecule has 0 radical (unpaired) electrons. The van der Waals surface area contributed by atoms with Crippen molar-refractivity contribution in [1.29, 1.82) is 0 Å². The predicted molar refractivity (Wildman–Crippen MR) is 96.1 cm³/mol. The van der Waals surface area contributed by atoms with Crippen molar-refractivity contribution in [1.82, 2.24) is 20.4 Å². The first-order chi connectivity index (χ1) is 12.2. The summed E-state index contributed by atoms with van der Waals surface area (Å²) >= 11 is 0. The molecule has 1 aromatic carbocycles. The Morgan fingerprint density at radius 1 is 1.16 bits per heavy atom. The van der Waals surface area contributed by atoms with Gasteiger partial charge in [-0.3, -0.25) is 20.6 Å². The van der Waals surface area contributed by atoms with Crippen LogP contribution in [-0.4, -0.2) is 20.9 Å². The molecule has 25 heavy (non-hydrogen) atoms. The topological polar surface area (TPSA) is 79.8 Å². The van der Waals surface area contributed by atoms with Crippen LogP contribution >= 0.6 is 0 Å². The summed E-state index contributed by atoms with van der Waals surface area (Å²) in [4.78, 5) is 25.9. The lowest BCUT2D eigenvalue weighted by Crippen LogP contribution is -2.32. The van der Waals surface area contributed by atoms with Crippen LogP contribution < -0.4 is 10.9 Å². The smallest absolute Gasteiger partial charge is 0.267 e. The lowest BCUT2D eigenvalue weighted by Gasteiger charge is -2.24. The lowest BCUT2D eigenvalue weighted by molar-refractivity contribution is 0.0962. The number of fused-ring (bicyclic) bond motifs is 2. The van der Waals surface area contributed by atoms with Gasteiger partial charge in [0.2, 0.25) is 5.95 Å². The van der Waals surface area contributed by atoms with Crippen molar-refractivity contribution >= 4 is 22.8 Å². The molecule has 0 fully saturated rings. The third-order valence-electron chi connectivity index (χ3n) is 4.59. The van der Waals surface area contributed by atoms with Crippen LogP contribution in [0.4, 0.5) is 5.95 Å². The van der Waals surface area contributed by atoms with Gasteiger partial charge in [0.05, 0.1) is 11.1 Å². The highest BCUT2D eigenvalue weighted by Gasteiger charge is 2.25. The summed E-state index contributed by atoms with van der Waals surface area (Å²) in [7, 11) is 0. The van der Waals surface area contributed by atoms with Crippen molar-refractivity contribution in [3.05, 3.63) is 59.5 Å². The Morgan fingerprint density at radius 2 is 1.96 bits per heavy atom. The molecule has 1 aliphatic rings. The van der Waals surface area contributed by atoms with E-state index in [1.165, 1.54) is 0 Å². The van der Waals surface area contributed by atoms with Crippen molar-refractivity contribution in [3.8, 4) is 0 Å². The van der Waals surface area contributed by atoms with Crippen molar-refractivity contribution in [3.63, 3.8) is 0 Å². The average Bonchev–Trinajstić information content (AvgIpc) is 2.65. The summed E-state index contributed by atoms with van der Waals surface area (Å²) in [6.07, 6.45) is 6.13. The number of aryl methyl sites for hydroxylation is 1. The summed E-state index contributed by atoms with van der Waals surface area (Å²) in [6.45, 7) is 2.22. The van der Waals surface area contributed by atoms with Crippen LogP contribution in [0, 0.1) is 5.92 Å². The minimum atomic E-state index is -0.184. The quantitative estimate of drug-likeness (QED) is 0.721. The second-order valence-corrected chi connectivity index (χ2v) is 6.43. The third-order valence-corrected chi connectivity index (χ3v) is 4.59. The summed E-state index contributed by atoms with van der Waals surface area (Å²) in [6, 6.07) is 9.52. The number of pyridine rings is 1. The number of nitrogens with zero attached hydrogens (tertiary/aromatic N) is 3. The summed E-state index contributed by atoms with van der Waals surface area (Å²) < 4.78 is 0. The normalized spacial score (nSPS) is 16.3. The number of carbonyl (C=O) groups excluding carboxylic acids is 1. The molecular weight excluding hydrogens is 314 g/mol. The van der Waals surface area contributed by atoms with E-state index in [-0.39, 0.29) is 5.91 Å². The molecule has 2 N–H and O–H groups in total. The van der Waals surface area contributed by atoms with Gasteiger partial charge in [0.15, 0.2) is 0 Å². The molecule has 1 unspecified atom stereocenters. The molecule has 126 valence electrons. The van der Waals surface area contributed by atoms with E-state index in [4.69, 9.17) is 4.98 Å². The minimum Gasteiger partial charge on any atom is -0.267 e. The van der Waals surface area contributed by atoms with Crippen LogP contribution in [0.1, 0.15) is 35.0 Å². The molecule has 1 aliphatic carbocycles. The Labute approximate surface area is 145 Å². The van der Waals surface area contributed by atoms with Crippen LogP contribution in [0.15, 0.2) is 42.7 Å². The van der Waals surface area contributed by atoms with E-state index < -0.39 is 0 Å². The Balaban J connectivity index is 1.74. The molecule has 1 amide bonds. The number of carbonyl (C=O) groups is 1. The molecule has 6 heteroatoms. The zero-order chi connectivity index (χ0) is 17.2. The summed E-state index contributed by atoms with van der Waals surface area (Å²) in [5.74, 6) is 0.722. The lowest BCUT2D eigenvalue weighted by atomic mass is 9.84. The van der Waals surface area contributed by atoms with E-state index in [0.29, 0.717) is 17.4 Å². The van der Waals surface area contributed by atoms with E-state index in [9.17, 15) is 4.79 Å². The zero-order valence-corrected chi connectivity index (χ0v) is 14.0. The molecule has 2 heterocycles. The molecule has 6 nitrogen and oxygen atoms in total. The highest BCUT2D eigenvalue weighted by Crippen LogP contribution is 2.31. The summed E-state index contributed by atoms with van der Waals surface area (Å²) in [5.41, 5.74) is 9.18. The summed E-state index contributed by atoms with van der Waals surface area (Å²) in [5, 5.41) is 0.878. The number of hydrogen-bond donors (Lipinski definition) is 2. The number of aromatic nitrogens is 3. The molecule has 0 saturated heterocycles. The largest absolute Gasteiger partial charge is 0.270 e. The van der Waals surface area contributed by atoms with Crippen molar-refractivity contribution in [2.24, 2.45) is 5.92 Å². The monoisotopic (exact) mass is 333 g/mol. The molecular formula is C19H19N5O. The van der Waals surface area contributed by atoms with Gasteiger partial charge in [-0.05, 0) is 42.9 Å². The van der Waals surface area contributed by atoms with Crippen LogP contribution in [-0.2, 0) is 12.8 Å². The van der Waals surface area contributed by atoms with Gasteiger partial charge in [0.1, 0.15) is 0 Å². The number of rotatable bonds is 3. The fraction of sp³-hybridized carbons (Fsp3) is 0.263. The standard InChI is InChI=1S/C19H19N5O/c1-12-7-8-16-14(11-12)17(13-5-2-3-6-15(13)22-16)18(25)23-24-19-20-9-4-10-21-19/h2-6,9-10,12H,7-8,11H2,1H3,(H,23,25)(H,20,21,24). The third kappa shape index (κ3) is 3.03. The average molecular weight is 333 g/mol. The van der Waals surface area contributed by atoms with Gasteiger partial charge in [0.25, 0.3) is 5.91 Å². The number of para-hydroxylation sites is 1. The van der Waals surface area contributed by atoms with Crippen LogP contribution in [0.2, 0.25) is 0 Å². The second kappa shape index (κ2) is 6.47. The first-order valence-electron chi connectivity index (χ1n) is 8.46. The molecule has 1 atom stereocenters. The number of anilines is 1. The Bertz CT molecular complexity index is 926. The van der Waals surface area contributed by atoms with E-state index in [2.05, 4.69) is 27.7 Å². The van der Waals surface area contributed by atoms with E-state index in [1.807, 2.05) is 24.3 Å². The fourth-order valence-corrected chi connectivity index (χ4v) is 3.36. The van der Waals surface area contributed by atoms with Gasteiger partial charge in [-0.1, -0.05) is 25.1 Å².